The summed E-state index contributed by atoms with van der Waals surface area (Å²) in [5.74, 6) is 1.68. The van der Waals surface area contributed by atoms with Crippen LogP contribution in [0.2, 0.25) is 5.02 Å². The first-order valence-corrected chi connectivity index (χ1v) is 10.9. The average molecular weight is 550 g/mol. The molecule has 160 valence electrons. The molecule has 1 unspecified atom stereocenters. The van der Waals surface area contributed by atoms with Crippen molar-refractivity contribution in [3.05, 3.63) is 39.3 Å². The Morgan fingerprint density at radius 1 is 1.41 bits per heavy atom. The standard InChI is InChI=1S/C20H28ClN5OS.HI/c1-4-19-24-16(13-28-19)11-23-20(22-5-2)25-15-8-9-26(12-15)17-10-14(21)6-7-18(17)27-3;/h6-7,10,13,15H,4-5,8-9,11-12H2,1-3H3,(H2,22,23,25);1H. The first-order valence-electron chi connectivity index (χ1n) is 9.69. The molecule has 1 atom stereocenters. The summed E-state index contributed by atoms with van der Waals surface area (Å²) in [5.41, 5.74) is 2.06. The predicted molar refractivity (Wildman–Crippen MR) is 133 cm³/mol. The van der Waals surface area contributed by atoms with E-state index in [0.29, 0.717) is 12.6 Å². The average Bonchev–Trinajstić information content (AvgIpc) is 3.35. The Hall–Kier alpha value is -1.26. The van der Waals surface area contributed by atoms with E-state index in [-0.39, 0.29) is 24.0 Å². The number of benzene rings is 1. The highest BCUT2D eigenvalue weighted by atomic mass is 127. The molecular weight excluding hydrogens is 521 g/mol. The van der Waals surface area contributed by atoms with E-state index in [1.54, 1.807) is 18.4 Å². The van der Waals surface area contributed by atoms with Gasteiger partial charge in [-0.3, -0.25) is 0 Å². The summed E-state index contributed by atoms with van der Waals surface area (Å²) in [7, 11) is 1.69. The van der Waals surface area contributed by atoms with Gasteiger partial charge >= 0.3 is 0 Å². The van der Waals surface area contributed by atoms with Crippen LogP contribution in [0.1, 0.15) is 31.0 Å². The van der Waals surface area contributed by atoms with E-state index in [9.17, 15) is 0 Å². The molecular formula is C20H29ClIN5OS. The lowest BCUT2D eigenvalue weighted by atomic mass is 10.2. The Bertz CT molecular complexity index is 816. The number of aromatic nitrogens is 1. The van der Waals surface area contributed by atoms with Crippen molar-refractivity contribution in [2.24, 2.45) is 4.99 Å². The lowest BCUT2D eigenvalue weighted by Crippen LogP contribution is -2.44. The zero-order chi connectivity index (χ0) is 19.9. The summed E-state index contributed by atoms with van der Waals surface area (Å²) in [6.07, 6.45) is 1.99. The van der Waals surface area contributed by atoms with E-state index in [0.717, 1.165) is 65.6 Å². The van der Waals surface area contributed by atoms with Crippen LogP contribution in [0, 0.1) is 0 Å². The highest BCUT2D eigenvalue weighted by Crippen LogP contribution is 2.33. The minimum absolute atomic E-state index is 0. The molecule has 1 aliphatic heterocycles. The monoisotopic (exact) mass is 549 g/mol. The Morgan fingerprint density at radius 2 is 2.24 bits per heavy atom. The van der Waals surface area contributed by atoms with E-state index in [2.05, 4.69) is 39.7 Å². The van der Waals surface area contributed by atoms with Gasteiger partial charge in [-0.25, -0.2) is 9.98 Å². The molecule has 0 aliphatic carbocycles. The summed E-state index contributed by atoms with van der Waals surface area (Å²) >= 11 is 7.89. The Kier molecular flexibility index (Phi) is 9.78. The van der Waals surface area contributed by atoms with E-state index >= 15 is 0 Å². The number of rotatable bonds is 7. The molecule has 29 heavy (non-hydrogen) atoms. The number of hydrogen-bond acceptors (Lipinski definition) is 5. The Labute approximate surface area is 199 Å². The molecule has 3 rings (SSSR count). The fourth-order valence-corrected chi connectivity index (χ4v) is 4.17. The van der Waals surface area contributed by atoms with Crippen molar-refractivity contribution in [2.75, 3.05) is 31.6 Å². The van der Waals surface area contributed by atoms with Crippen molar-refractivity contribution in [1.82, 2.24) is 15.6 Å². The molecule has 0 bridgehead atoms. The number of anilines is 1. The highest BCUT2D eigenvalue weighted by Gasteiger charge is 2.25. The van der Waals surface area contributed by atoms with Gasteiger partial charge in [-0.05, 0) is 38.0 Å². The molecule has 9 heteroatoms. The quantitative estimate of drug-likeness (QED) is 0.306. The van der Waals surface area contributed by atoms with Crippen LogP contribution < -0.4 is 20.3 Å². The third-order valence-corrected chi connectivity index (χ3v) is 5.93. The molecule has 1 fully saturated rings. The number of methoxy groups -OCH3 is 1. The number of halogens is 2. The molecule has 2 N–H and O–H groups in total. The molecule has 0 spiro atoms. The minimum Gasteiger partial charge on any atom is -0.495 e. The van der Waals surface area contributed by atoms with Crippen LogP contribution in [0.15, 0.2) is 28.6 Å². The molecule has 1 saturated heterocycles. The minimum atomic E-state index is 0. The van der Waals surface area contributed by atoms with Crippen molar-refractivity contribution in [1.29, 1.82) is 0 Å². The number of thiazole rings is 1. The Balaban J connectivity index is 0.00000300. The van der Waals surface area contributed by atoms with Gasteiger partial charge in [0, 0.05) is 36.1 Å². The third-order valence-electron chi connectivity index (χ3n) is 4.66. The SMILES string of the molecule is CCNC(=NCc1csc(CC)n1)NC1CCN(c2cc(Cl)ccc2OC)C1.I. The van der Waals surface area contributed by atoms with Crippen molar-refractivity contribution in [2.45, 2.75) is 39.3 Å². The molecule has 1 aromatic heterocycles. The summed E-state index contributed by atoms with van der Waals surface area (Å²) in [6.45, 7) is 7.43. The number of aryl methyl sites for hydroxylation is 1. The third kappa shape index (κ3) is 6.62. The van der Waals surface area contributed by atoms with Crippen LogP contribution in [0.4, 0.5) is 5.69 Å². The molecule has 1 aromatic carbocycles. The largest absolute Gasteiger partial charge is 0.495 e. The molecule has 2 heterocycles. The number of hydrogen-bond donors (Lipinski definition) is 2. The van der Waals surface area contributed by atoms with Gasteiger partial charge in [0.25, 0.3) is 0 Å². The van der Waals surface area contributed by atoms with Gasteiger partial charge in [-0.1, -0.05) is 18.5 Å². The van der Waals surface area contributed by atoms with Gasteiger partial charge in [0.15, 0.2) is 5.96 Å². The lowest BCUT2D eigenvalue weighted by Gasteiger charge is -2.22. The second-order valence-electron chi connectivity index (χ2n) is 6.67. The summed E-state index contributed by atoms with van der Waals surface area (Å²) in [6, 6.07) is 6.05. The van der Waals surface area contributed by atoms with Crippen molar-refractivity contribution in [3.63, 3.8) is 0 Å². The molecule has 0 amide bonds. The number of aliphatic imine (C=N–C) groups is 1. The van der Waals surface area contributed by atoms with Gasteiger partial charge in [-0.15, -0.1) is 35.3 Å². The van der Waals surface area contributed by atoms with E-state index < -0.39 is 0 Å². The molecule has 0 radical (unpaired) electrons. The van der Waals surface area contributed by atoms with Crippen molar-refractivity contribution < 1.29 is 4.74 Å². The first kappa shape index (κ1) is 24.0. The van der Waals surface area contributed by atoms with Crippen LogP contribution in [-0.4, -0.2) is 43.7 Å². The zero-order valence-electron chi connectivity index (χ0n) is 17.1. The molecule has 1 aliphatic rings. The summed E-state index contributed by atoms with van der Waals surface area (Å²) in [4.78, 5) is 11.6. The number of ether oxygens (including phenoxy) is 1. The summed E-state index contributed by atoms with van der Waals surface area (Å²) < 4.78 is 5.50. The Morgan fingerprint density at radius 3 is 2.93 bits per heavy atom. The smallest absolute Gasteiger partial charge is 0.191 e. The highest BCUT2D eigenvalue weighted by molar-refractivity contribution is 14.0. The van der Waals surface area contributed by atoms with Gasteiger partial charge < -0.3 is 20.3 Å². The van der Waals surface area contributed by atoms with Crippen molar-refractivity contribution in [3.8, 4) is 5.75 Å². The van der Waals surface area contributed by atoms with Crippen LogP contribution in [0.3, 0.4) is 0 Å². The maximum Gasteiger partial charge on any atom is 0.191 e. The number of guanidine groups is 1. The van der Waals surface area contributed by atoms with Crippen LogP contribution in [-0.2, 0) is 13.0 Å². The van der Waals surface area contributed by atoms with E-state index in [4.69, 9.17) is 21.3 Å². The number of nitrogens with one attached hydrogen (secondary N) is 2. The van der Waals surface area contributed by atoms with Gasteiger partial charge in [0.2, 0.25) is 0 Å². The first-order chi connectivity index (χ1) is 13.6. The van der Waals surface area contributed by atoms with Gasteiger partial charge in [0.1, 0.15) is 5.75 Å². The lowest BCUT2D eigenvalue weighted by molar-refractivity contribution is 0.415. The van der Waals surface area contributed by atoms with Gasteiger partial charge in [0.05, 0.1) is 30.0 Å². The zero-order valence-corrected chi connectivity index (χ0v) is 21.0. The van der Waals surface area contributed by atoms with Crippen molar-refractivity contribution >= 4 is 58.6 Å². The topological polar surface area (TPSA) is 61.8 Å². The second-order valence-corrected chi connectivity index (χ2v) is 8.05. The number of nitrogens with zero attached hydrogens (tertiary/aromatic N) is 3. The fourth-order valence-electron chi connectivity index (χ4n) is 3.26. The van der Waals surface area contributed by atoms with E-state index in [1.807, 2.05) is 18.2 Å². The molecule has 0 saturated carbocycles. The second kappa shape index (κ2) is 11.8. The van der Waals surface area contributed by atoms with Crippen LogP contribution >= 0.6 is 46.9 Å². The molecule has 2 aromatic rings. The van der Waals surface area contributed by atoms with Crippen LogP contribution in [0.25, 0.3) is 0 Å². The summed E-state index contributed by atoms with van der Waals surface area (Å²) in [5, 5.41) is 10.9. The fraction of sp³-hybridized carbons (Fsp3) is 0.500. The normalized spacial score (nSPS) is 16.5. The predicted octanol–water partition coefficient (Wildman–Crippen LogP) is 4.32. The van der Waals surface area contributed by atoms with E-state index in [1.165, 1.54) is 0 Å². The molecule has 6 nitrogen and oxygen atoms in total. The maximum absolute atomic E-state index is 6.19. The van der Waals surface area contributed by atoms with Gasteiger partial charge in [-0.2, -0.15) is 0 Å². The maximum atomic E-state index is 6.19. The van der Waals surface area contributed by atoms with Crippen LogP contribution in [0.5, 0.6) is 5.75 Å².